The van der Waals surface area contributed by atoms with Gasteiger partial charge in [0, 0.05) is 16.1 Å². The molecule has 0 spiro atoms. The Morgan fingerprint density at radius 1 is 1.10 bits per heavy atom. The minimum Gasteiger partial charge on any atom is -0.465 e. The van der Waals surface area contributed by atoms with Crippen molar-refractivity contribution < 1.29 is 22.7 Å². The number of carbonyl (C=O) groups excluding carboxylic acids is 2. The first-order valence-corrected chi connectivity index (χ1v) is 12.0. The highest BCUT2D eigenvalue weighted by atomic mass is 35.5. The standard InChI is InChI=1S/C21H18ClNO5S2/c1-2-28-20(24)12-29-19-11-18(16-5-3-4-6-17(16)21(19)25)23-30(26,27)13-14-7-9-15(22)10-8-14/h3-11H,2,12-13H2,1H3/b23-18-. The first kappa shape index (κ1) is 22.3. The lowest BCUT2D eigenvalue weighted by Gasteiger charge is -2.17. The summed E-state index contributed by atoms with van der Waals surface area (Å²) >= 11 is 6.84. The average molecular weight is 464 g/mol. The first-order chi connectivity index (χ1) is 14.3. The topological polar surface area (TPSA) is 89.9 Å². The molecular formula is C21H18ClNO5S2. The van der Waals surface area contributed by atoms with Crippen molar-refractivity contribution in [3.05, 3.63) is 81.2 Å². The number of allylic oxidation sites excluding steroid dienone is 2. The van der Waals surface area contributed by atoms with Crippen LogP contribution in [0.2, 0.25) is 5.02 Å². The molecule has 2 aromatic carbocycles. The minimum atomic E-state index is -3.88. The number of esters is 1. The summed E-state index contributed by atoms with van der Waals surface area (Å²) in [6.07, 6.45) is 1.41. The zero-order chi connectivity index (χ0) is 21.7. The number of carbonyl (C=O) groups is 2. The number of hydrogen-bond donors (Lipinski definition) is 0. The van der Waals surface area contributed by atoms with Gasteiger partial charge in [0.15, 0.2) is 5.78 Å². The Balaban J connectivity index is 1.93. The summed E-state index contributed by atoms with van der Waals surface area (Å²) in [5.41, 5.74) is 1.48. The number of ether oxygens (including phenoxy) is 1. The van der Waals surface area contributed by atoms with E-state index in [0.717, 1.165) is 11.8 Å². The van der Waals surface area contributed by atoms with Crippen LogP contribution in [0.1, 0.15) is 28.4 Å². The molecule has 9 heteroatoms. The number of Topliss-reactive ketones (excluding diaryl/α,β-unsaturated/α-hetero) is 1. The molecule has 0 fully saturated rings. The lowest BCUT2D eigenvalue weighted by Crippen LogP contribution is -2.19. The number of nitrogens with zero attached hydrogens (tertiary/aromatic N) is 1. The van der Waals surface area contributed by atoms with Gasteiger partial charge in [-0.25, -0.2) is 8.42 Å². The van der Waals surface area contributed by atoms with Crippen molar-refractivity contribution in [3.63, 3.8) is 0 Å². The van der Waals surface area contributed by atoms with Gasteiger partial charge < -0.3 is 4.74 Å². The van der Waals surface area contributed by atoms with E-state index in [4.69, 9.17) is 16.3 Å². The Hall–Kier alpha value is -2.42. The summed E-state index contributed by atoms with van der Waals surface area (Å²) in [6.45, 7) is 1.94. The molecule has 0 aromatic heterocycles. The normalized spacial score (nSPS) is 14.9. The second-order valence-electron chi connectivity index (χ2n) is 6.31. The third-order valence-electron chi connectivity index (χ3n) is 4.09. The van der Waals surface area contributed by atoms with Crippen LogP contribution in [0, 0.1) is 0 Å². The molecule has 1 aliphatic rings. The molecule has 156 valence electrons. The van der Waals surface area contributed by atoms with E-state index >= 15 is 0 Å². The highest BCUT2D eigenvalue weighted by Crippen LogP contribution is 2.29. The second kappa shape index (κ2) is 9.59. The van der Waals surface area contributed by atoms with Crippen LogP contribution in [-0.2, 0) is 25.3 Å². The summed E-state index contributed by atoms with van der Waals surface area (Å²) in [5.74, 6) is -1.10. The van der Waals surface area contributed by atoms with Crippen LogP contribution in [0.3, 0.4) is 0 Å². The van der Waals surface area contributed by atoms with Gasteiger partial charge in [0.1, 0.15) is 0 Å². The van der Waals surface area contributed by atoms with E-state index in [1.54, 1.807) is 55.5 Å². The fourth-order valence-electron chi connectivity index (χ4n) is 2.80. The van der Waals surface area contributed by atoms with Gasteiger partial charge in [-0.3, -0.25) is 9.59 Å². The fourth-order valence-corrected chi connectivity index (χ4v) is 4.85. The predicted molar refractivity (Wildman–Crippen MR) is 119 cm³/mol. The van der Waals surface area contributed by atoms with Crippen molar-refractivity contribution >= 4 is 50.9 Å². The van der Waals surface area contributed by atoms with Crippen molar-refractivity contribution in [1.82, 2.24) is 0 Å². The lowest BCUT2D eigenvalue weighted by molar-refractivity contribution is -0.139. The molecule has 6 nitrogen and oxygen atoms in total. The van der Waals surface area contributed by atoms with Crippen LogP contribution in [0.15, 0.2) is 63.9 Å². The first-order valence-electron chi connectivity index (χ1n) is 9.00. The van der Waals surface area contributed by atoms with Crippen LogP contribution < -0.4 is 0 Å². The maximum Gasteiger partial charge on any atom is 0.316 e. The van der Waals surface area contributed by atoms with E-state index in [-0.39, 0.29) is 34.5 Å². The number of thioether (sulfide) groups is 1. The third kappa shape index (κ3) is 5.59. The number of ketones is 1. The molecule has 2 aromatic rings. The Kier molecular flexibility index (Phi) is 7.12. The molecule has 3 rings (SSSR count). The second-order valence-corrected chi connectivity index (χ2v) is 9.39. The molecule has 0 bridgehead atoms. The monoisotopic (exact) mass is 463 g/mol. The van der Waals surface area contributed by atoms with E-state index in [9.17, 15) is 18.0 Å². The molecule has 1 aliphatic carbocycles. The number of sulfonamides is 1. The van der Waals surface area contributed by atoms with Crippen LogP contribution in [-0.4, -0.2) is 38.2 Å². The maximum atomic E-state index is 12.8. The number of benzene rings is 2. The summed E-state index contributed by atoms with van der Waals surface area (Å²) in [5, 5.41) is 0.508. The molecule has 0 saturated carbocycles. The minimum absolute atomic E-state index is 0.0572. The molecule has 30 heavy (non-hydrogen) atoms. The molecule has 0 radical (unpaired) electrons. The smallest absolute Gasteiger partial charge is 0.316 e. The summed E-state index contributed by atoms with van der Waals surface area (Å²) < 4.78 is 34.2. The van der Waals surface area contributed by atoms with Crippen LogP contribution in [0.25, 0.3) is 0 Å². The van der Waals surface area contributed by atoms with Gasteiger partial charge in [0.25, 0.3) is 10.0 Å². The Labute approximate surface area is 184 Å². The van der Waals surface area contributed by atoms with Crippen molar-refractivity contribution in [1.29, 1.82) is 0 Å². The Morgan fingerprint density at radius 2 is 1.77 bits per heavy atom. The molecule has 0 heterocycles. The zero-order valence-electron chi connectivity index (χ0n) is 16.0. The molecule has 0 saturated heterocycles. The Bertz CT molecular complexity index is 1140. The van der Waals surface area contributed by atoms with E-state index in [1.165, 1.54) is 6.08 Å². The van der Waals surface area contributed by atoms with Gasteiger partial charge in [-0.15, -0.1) is 11.8 Å². The number of halogens is 1. The highest BCUT2D eigenvalue weighted by molar-refractivity contribution is 8.04. The van der Waals surface area contributed by atoms with Crippen molar-refractivity contribution in [2.75, 3.05) is 12.4 Å². The van der Waals surface area contributed by atoms with Crippen molar-refractivity contribution in [2.24, 2.45) is 4.40 Å². The largest absolute Gasteiger partial charge is 0.465 e. The lowest BCUT2D eigenvalue weighted by atomic mass is 9.94. The van der Waals surface area contributed by atoms with Crippen LogP contribution >= 0.6 is 23.4 Å². The van der Waals surface area contributed by atoms with Crippen molar-refractivity contribution in [2.45, 2.75) is 12.7 Å². The average Bonchev–Trinajstić information content (AvgIpc) is 2.71. The van der Waals surface area contributed by atoms with E-state index in [0.29, 0.717) is 21.7 Å². The van der Waals surface area contributed by atoms with E-state index < -0.39 is 16.0 Å². The van der Waals surface area contributed by atoms with Gasteiger partial charge in [0.05, 0.1) is 28.7 Å². The van der Waals surface area contributed by atoms with Gasteiger partial charge >= 0.3 is 5.97 Å². The summed E-state index contributed by atoms with van der Waals surface area (Å²) in [4.78, 5) is 24.7. The van der Waals surface area contributed by atoms with Gasteiger partial charge in [0.2, 0.25) is 0 Å². The highest BCUT2D eigenvalue weighted by Gasteiger charge is 2.26. The predicted octanol–water partition coefficient (Wildman–Crippen LogP) is 4.04. The molecule has 0 unspecified atom stereocenters. The molecule has 0 N–H and O–H groups in total. The molecule has 0 atom stereocenters. The fraction of sp³-hybridized carbons (Fsp3) is 0.190. The zero-order valence-corrected chi connectivity index (χ0v) is 18.4. The molecule has 0 aliphatic heterocycles. The van der Waals surface area contributed by atoms with Crippen LogP contribution in [0.4, 0.5) is 0 Å². The quantitative estimate of drug-likeness (QED) is 0.576. The number of rotatable bonds is 7. The van der Waals surface area contributed by atoms with E-state index in [2.05, 4.69) is 4.40 Å². The van der Waals surface area contributed by atoms with Crippen molar-refractivity contribution in [3.8, 4) is 0 Å². The number of hydrogen-bond acceptors (Lipinski definition) is 6. The van der Waals surface area contributed by atoms with E-state index in [1.807, 2.05) is 0 Å². The number of fused-ring (bicyclic) bond motifs is 1. The summed E-state index contributed by atoms with van der Waals surface area (Å²) in [6, 6.07) is 13.1. The molecule has 0 amide bonds. The van der Waals surface area contributed by atoms with Crippen LogP contribution in [0.5, 0.6) is 0 Å². The van der Waals surface area contributed by atoms with Gasteiger partial charge in [-0.05, 0) is 30.7 Å². The third-order valence-corrected chi connectivity index (χ3v) is 6.51. The molecular weight excluding hydrogens is 446 g/mol. The maximum absolute atomic E-state index is 12.8. The van der Waals surface area contributed by atoms with Gasteiger partial charge in [-0.2, -0.15) is 4.40 Å². The van der Waals surface area contributed by atoms with Gasteiger partial charge in [-0.1, -0.05) is 48.0 Å². The summed E-state index contributed by atoms with van der Waals surface area (Å²) in [7, 11) is -3.88. The Morgan fingerprint density at radius 3 is 2.43 bits per heavy atom. The SMILES string of the molecule is CCOC(=O)CSC1=C/C(=N/S(=O)(=O)Cc2ccc(Cl)cc2)c2ccccc2C1=O.